The molecule has 0 bridgehead atoms. The van der Waals surface area contributed by atoms with E-state index in [0.717, 1.165) is 11.1 Å². The molecule has 0 saturated carbocycles. The predicted octanol–water partition coefficient (Wildman–Crippen LogP) is 1.43. The number of guanidine groups is 1. The quantitative estimate of drug-likeness (QED) is 0.334. The van der Waals surface area contributed by atoms with E-state index in [-0.39, 0.29) is 6.61 Å². The summed E-state index contributed by atoms with van der Waals surface area (Å²) in [4.78, 5) is 15.0. The van der Waals surface area contributed by atoms with Crippen LogP contribution in [0.2, 0.25) is 0 Å². The highest BCUT2D eigenvalue weighted by Gasteiger charge is 2.02. The third kappa shape index (κ3) is 8.24. The highest BCUT2D eigenvalue weighted by molar-refractivity contribution is 5.79. The van der Waals surface area contributed by atoms with E-state index in [4.69, 9.17) is 15.2 Å². The Morgan fingerprint density at radius 3 is 2.59 bits per heavy atom. The molecule has 7 nitrogen and oxygen atoms in total. The van der Waals surface area contributed by atoms with Crippen molar-refractivity contribution in [1.29, 1.82) is 0 Å². The normalized spacial score (nSPS) is 11.1. The Kier molecular flexibility index (Phi) is 8.65. The van der Waals surface area contributed by atoms with Gasteiger partial charge in [-0.3, -0.25) is 9.79 Å². The summed E-state index contributed by atoms with van der Waals surface area (Å²) in [6, 6.07) is 17.5. The summed E-state index contributed by atoms with van der Waals surface area (Å²) < 4.78 is 10.9. The van der Waals surface area contributed by atoms with E-state index in [1.165, 1.54) is 0 Å². The van der Waals surface area contributed by atoms with Crippen molar-refractivity contribution in [3.05, 3.63) is 65.7 Å². The lowest BCUT2D eigenvalue weighted by molar-refractivity contribution is -0.119. The third-order valence-electron chi connectivity index (χ3n) is 3.61. The molecule has 4 N–H and O–H groups in total. The summed E-state index contributed by atoms with van der Waals surface area (Å²) in [6.07, 6.45) is 0. The van der Waals surface area contributed by atoms with Crippen molar-refractivity contribution in [2.45, 2.75) is 13.2 Å². The zero-order valence-corrected chi connectivity index (χ0v) is 15.5. The number of amides is 1. The van der Waals surface area contributed by atoms with Crippen LogP contribution < -0.4 is 21.1 Å². The van der Waals surface area contributed by atoms with Crippen LogP contribution in [0.1, 0.15) is 11.1 Å². The van der Waals surface area contributed by atoms with Crippen LogP contribution in [0.3, 0.4) is 0 Å². The summed E-state index contributed by atoms with van der Waals surface area (Å²) in [6.45, 7) is 2.24. The Balaban J connectivity index is 1.67. The molecule has 144 valence electrons. The van der Waals surface area contributed by atoms with Crippen molar-refractivity contribution in [2.75, 3.05) is 26.8 Å². The van der Waals surface area contributed by atoms with Crippen LogP contribution in [0.5, 0.6) is 5.75 Å². The maximum Gasteiger partial charge on any atom is 0.255 e. The fourth-order valence-electron chi connectivity index (χ4n) is 2.31. The molecular weight excluding hydrogens is 344 g/mol. The zero-order chi connectivity index (χ0) is 19.3. The molecule has 0 fully saturated rings. The van der Waals surface area contributed by atoms with E-state index in [1.54, 1.807) is 13.1 Å². The fourth-order valence-corrected chi connectivity index (χ4v) is 2.31. The molecule has 7 heteroatoms. The lowest BCUT2D eigenvalue weighted by Crippen LogP contribution is -2.38. The number of hydrogen-bond donors (Lipinski definition) is 3. The second kappa shape index (κ2) is 11.5. The van der Waals surface area contributed by atoms with E-state index in [9.17, 15) is 4.79 Å². The van der Waals surface area contributed by atoms with Gasteiger partial charge in [0.15, 0.2) is 12.6 Å². The molecule has 0 aliphatic carbocycles. The van der Waals surface area contributed by atoms with E-state index in [0.29, 0.717) is 38.0 Å². The molecule has 0 heterocycles. The van der Waals surface area contributed by atoms with Gasteiger partial charge in [-0.1, -0.05) is 42.5 Å². The van der Waals surface area contributed by atoms with Gasteiger partial charge in [-0.2, -0.15) is 0 Å². The number of nitrogens with two attached hydrogens (primary N) is 1. The van der Waals surface area contributed by atoms with E-state index in [1.807, 2.05) is 48.5 Å². The van der Waals surface area contributed by atoms with Crippen LogP contribution in [-0.2, 0) is 22.7 Å². The highest BCUT2D eigenvalue weighted by atomic mass is 16.5. The van der Waals surface area contributed by atoms with Gasteiger partial charge in [-0.15, -0.1) is 0 Å². The molecular formula is C20H26N4O3. The van der Waals surface area contributed by atoms with Crippen LogP contribution >= 0.6 is 0 Å². The van der Waals surface area contributed by atoms with Crippen molar-refractivity contribution < 1.29 is 14.3 Å². The maximum atomic E-state index is 10.8. The number of hydrogen-bond acceptors (Lipinski definition) is 4. The van der Waals surface area contributed by atoms with Gasteiger partial charge in [0, 0.05) is 20.1 Å². The number of carbonyl (C=O) groups excluding carboxylic acids is 1. The molecule has 0 atom stereocenters. The van der Waals surface area contributed by atoms with E-state index in [2.05, 4.69) is 15.6 Å². The van der Waals surface area contributed by atoms with Crippen LogP contribution in [0, 0.1) is 0 Å². The average Bonchev–Trinajstić information content (AvgIpc) is 2.69. The minimum Gasteiger partial charge on any atom is -0.484 e. The number of carbonyl (C=O) groups is 1. The first kappa shape index (κ1) is 20.3. The van der Waals surface area contributed by atoms with Crippen molar-refractivity contribution >= 4 is 11.9 Å². The molecule has 2 aromatic rings. The molecule has 0 unspecified atom stereocenters. The number of ether oxygens (including phenoxy) is 2. The van der Waals surface area contributed by atoms with Crippen LogP contribution in [0.15, 0.2) is 59.6 Å². The second-order valence-corrected chi connectivity index (χ2v) is 5.79. The fraction of sp³-hybridized carbons (Fsp3) is 0.300. The van der Waals surface area contributed by atoms with Gasteiger partial charge >= 0.3 is 0 Å². The maximum absolute atomic E-state index is 10.8. The molecule has 1 amide bonds. The zero-order valence-electron chi connectivity index (χ0n) is 15.5. The molecule has 0 radical (unpaired) electrons. The Morgan fingerprint density at radius 1 is 1.07 bits per heavy atom. The summed E-state index contributed by atoms with van der Waals surface area (Å²) in [5.41, 5.74) is 7.24. The number of benzene rings is 2. The summed E-state index contributed by atoms with van der Waals surface area (Å²) in [7, 11) is 1.71. The third-order valence-corrected chi connectivity index (χ3v) is 3.61. The Morgan fingerprint density at radius 2 is 1.85 bits per heavy atom. The lowest BCUT2D eigenvalue weighted by atomic mass is 10.2. The first-order chi connectivity index (χ1) is 13.2. The monoisotopic (exact) mass is 370 g/mol. The highest BCUT2D eigenvalue weighted by Crippen LogP contribution is 2.13. The smallest absolute Gasteiger partial charge is 0.255 e. The molecule has 0 saturated heterocycles. The van der Waals surface area contributed by atoms with Crippen LogP contribution in [0.4, 0.5) is 0 Å². The molecule has 2 aromatic carbocycles. The van der Waals surface area contributed by atoms with Gasteiger partial charge in [-0.25, -0.2) is 0 Å². The number of nitrogens with zero attached hydrogens (tertiary/aromatic N) is 1. The largest absolute Gasteiger partial charge is 0.484 e. The standard InChI is InChI=1S/C20H26N4O3/c1-22-20(23-10-11-26-14-16-6-3-2-4-7-16)24-13-17-8-5-9-18(12-17)27-15-19(21)25/h2-9,12H,10-11,13-15H2,1H3,(H2,21,25)(H2,22,23,24). The first-order valence-electron chi connectivity index (χ1n) is 8.73. The van der Waals surface area contributed by atoms with Crippen LogP contribution in [-0.4, -0.2) is 38.7 Å². The topological polar surface area (TPSA) is 98.0 Å². The minimum atomic E-state index is -0.502. The van der Waals surface area contributed by atoms with E-state index < -0.39 is 5.91 Å². The van der Waals surface area contributed by atoms with Gasteiger partial charge < -0.3 is 25.8 Å². The van der Waals surface area contributed by atoms with Crippen molar-refractivity contribution in [3.63, 3.8) is 0 Å². The molecule has 2 rings (SSSR count). The Hall–Kier alpha value is -3.06. The molecule has 27 heavy (non-hydrogen) atoms. The molecule has 0 aliphatic rings. The number of rotatable bonds is 10. The molecule has 0 spiro atoms. The predicted molar refractivity (Wildman–Crippen MR) is 105 cm³/mol. The lowest BCUT2D eigenvalue weighted by Gasteiger charge is -2.13. The molecule has 0 aromatic heterocycles. The van der Waals surface area contributed by atoms with Gasteiger partial charge in [0.05, 0.1) is 13.2 Å². The van der Waals surface area contributed by atoms with E-state index >= 15 is 0 Å². The Labute approximate surface area is 159 Å². The van der Waals surface area contributed by atoms with Gasteiger partial charge in [0.1, 0.15) is 5.75 Å². The summed E-state index contributed by atoms with van der Waals surface area (Å²) in [5.74, 6) is 0.782. The van der Waals surface area contributed by atoms with Crippen LogP contribution in [0.25, 0.3) is 0 Å². The number of nitrogens with one attached hydrogen (secondary N) is 2. The summed E-state index contributed by atoms with van der Waals surface area (Å²) >= 11 is 0. The van der Waals surface area contributed by atoms with Gasteiger partial charge in [0.25, 0.3) is 5.91 Å². The number of aliphatic imine (C=N–C) groups is 1. The average molecular weight is 370 g/mol. The summed E-state index contributed by atoms with van der Waals surface area (Å²) in [5, 5.41) is 6.42. The first-order valence-corrected chi connectivity index (χ1v) is 8.73. The minimum absolute atomic E-state index is 0.136. The number of primary amides is 1. The second-order valence-electron chi connectivity index (χ2n) is 5.79. The molecule has 0 aliphatic heterocycles. The van der Waals surface area contributed by atoms with Crippen molar-refractivity contribution in [2.24, 2.45) is 10.7 Å². The Bertz CT molecular complexity index is 735. The SMILES string of the molecule is CN=C(NCCOCc1ccccc1)NCc1cccc(OCC(N)=O)c1. The van der Waals surface area contributed by atoms with Gasteiger partial charge in [0.2, 0.25) is 0 Å². The van der Waals surface area contributed by atoms with Crippen molar-refractivity contribution in [1.82, 2.24) is 10.6 Å². The van der Waals surface area contributed by atoms with Gasteiger partial charge in [-0.05, 0) is 23.3 Å². The van der Waals surface area contributed by atoms with Crippen molar-refractivity contribution in [3.8, 4) is 5.75 Å².